The van der Waals surface area contributed by atoms with E-state index in [-0.39, 0.29) is 41.3 Å². The van der Waals surface area contributed by atoms with E-state index in [0.717, 1.165) is 32.1 Å². The van der Waals surface area contributed by atoms with Crippen molar-refractivity contribution in [3.63, 3.8) is 0 Å². The van der Waals surface area contributed by atoms with Crippen molar-refractivity contribution in [3.8, 4) is 0 Å². The fraction of sp³-hybridized carbons (Fsp3) is 0.961. The van der Waals surface area contributed by atoms with Gasteiger partial charge >= 0.3 is 0 Å². The second-order valence-corrected chi connectivity index (χ2v) is 23.8. The van der Waals surface area contributed by atoms with Gasteiger partial charge in [0.1, 0.15) is 85.5 Å². The summed E-state index contributed by atoms with van der Waals surface area (Å²) >= 11 is 0. The average molecular weight is 1050 g/mol. The molecule has 4 aliphatic carbocycles. The number of rotatable bonds is 14. The van der Waals surface area contributed by atoms with Crippen molar-refractivity contribution in [1.29, 1.82) is 0 Å². The lowest BCUT2D eigenvalue weighted by molar-refractivity contribution is -0.388. The molecule has 5 saturated heterocycles. The van der Waals surface area contributed by atoms with Gasteiger partial charge in [0.25, 0.3) is 0 Å². The van der Waals surface area contributed by atoms with Gasteiger partial charge in [-0.05, 0) is 106 Å². The van der Waals surface area contributed by atoms with E-state index < -0.39 is 148 Å². The molecule has 420 valence electrons. The van der Waals surface area contributed by atoms with Crippen molar-refractivity contribution in [2.24, 2.45) is 46.3 Å². The summed E-state index contributed by atoms with van der Waals surface area (Å²) in [6.07, 6.45) is -20.5. The minimum Gasteiger partial charge on any atom is -0.394 e. The molecular weight excluding hydrogens is 965 g/mol. The highest BCUT2D eigenvalue weighted by Gasteiger charge is 2.68. The summed E-state index contributed by atoms with van der Waals surface area (Å²) in [6.45, 7) is 10.7. The molecule has 8 fully saturated rings. The van der Waals surface area contributed by atoms with E-state index in [0.29, 0.717) is 43.4 Å². The Balaban J connectivity index is 0.846. The second kappa shape index (κ2) is 21.8. The van der Waals surface area contributed by atoms with E-state index in [1.165, 1.54) is 19.4 Å². The minimum absolute atomic E-state index is 0.0589. The SMILES string of the molecule is C[C@@H](CC[C@@]1(O)OC2CC3C4CC=C5C[C@@H](O[C@@H]6O[C@H](CO)[C@@H](O[C@@H]7O[C@@H](C)[C@H](O)[C@@H](O)[C@H]7O)[C@H](O)[C@H]6O[C@@H]6O[C@@H](C)[C@H](O)[C@@H](O)[C@H]6O)CC[C@]5(C)C4CC[C@]3(C)C2[C@@H]1C)CO[C@@H]1O[C@H](CO)[C@@H](O)[C@H](O)[C@H]1O. The number of fused-ring (bicyclic) bond motifs is 7. The third-order valence-corrected chi connectivity index (χ3v) is 19.5. The van der Waals surface area contributed by atoms with Gasteiger partial charge in [0.2, 0.25) is 0 Å². The highest BCUT2D eigenvalue weighted by atomic mass is 16.8. The Morgan fingerprint density at radius 1 is 0.644 bits per heavy atom. The van der Waals surface area contributed by atoms with Gasteiger partial charge in [-0.2, -0.15) is 0 Å². The molecule has 5 heterocycles. The topological polar surface area (TPSA) is 346 Å². The van der Waals surface area contributed by atoms with Crippen molar-refractivity contribution in [2.75, 3.05) is 19.8 Å². The minimum atomic E-state index is -1.75. The molecule has 0 amide bonds. The first-order valence-electron chi connectivity index (χ1n) is 26.8. The zero-order valence-electron chi connectivity index (χ0n) is 42.7. The van der Waals surface area contributed by atoms with Gasteiger partial charge in [0.05, 0.1) is 44.2 Å². The Labute approximate surface area is 426 Å². The van der Waals surface area contributed by atoms with Gasteiger partial charge in [-0.25, -0.2) is 0 Å². The van der Waals surface area contributed by atoms with Crippen LogP contribution in [0.25, 0.3) is 0 Å². The predicted molar refractivity (Wildman–Crippen MR) is 249 cm³/mol. The maximum atomic E-state index is 12.1. The van der Waals surface area contributed by atoms with E-state index in [4.69, 9.17) is 42.6 Å². The number of hydrogen-bond donors (Lipinski definition) is 13. The van der Waals surface area contributed by atoms with Crippen LogP contribution in [0.5, 0.6) is 0 Å². The zero-order valence-corrected chi connectivity index (χ0v) is 42.7. The molecule has 5 aliphatic heterocycles. The van der Waals surface area contributed by atoms with Gasteiger partial charge in [0, 0.05) is 12.3 Å². The van der Waals surface area contributed by atoms with E-state index in [1.807, 2.05) is 6.92 Å². The molecule has 0 spiro atoms. The molecule has 13 N–H and O–H groups in total. The zero-order chi connectivity index (χ0) is 52.8. The molecule has 0 aromatic rings. The summed E-state index contributed by atoms with van der Waals surface area (Å²) in [5, 5.41) is 139. The molecule has 0 aromatic carbocycles. The Morgan fingerprint density at radius 2 is 1.23 bits per heavy atom. The van der Waals surface area contributed by atoms with E-state index in [9.17, 15) is 66.4 Å². The lowest BCUT2D eigenvalue weighted by Gasteiger charge is -2.58. The van der Waals surface area contributed by atoms with Crippen LogP contribution >= 0.6 is 0 Å². The summed E-state index contributed by atoms with van der Waals surface area (Å²) in [6, 6.07) is 0. The van der Waals surface area contributed by atoms with Gasteiger partial charge in [-0.1, -0.05) is 39.3 Å². The van der Waals surface area contributed by atoms with Crippen LogP contribution < -0.4 is 0 Å². The molecule has 22 heteroatoms. The fourth-order valence-corrected chi connectivity index (χ4v) is 14.9. The first kappa shape index (κ1) is 56.6. The monoisotopic (exact) mass is 1050 g/mol. The Kier molecular flexibility index (Phi) is 16.9. The van der Waals surface area contributed by atoms with Crippen LogP contribution in [0.1, 0.15) is 99.3 Å². The fourth-order valence-electron chi connectivity index (χ4n) is 14.9. The van der Waals surface area contributed by atoms with Gasteiger partial charge in [0.15, 0.2) is 30.9 Å². The van der Waals surface area contributed by atoms with Crippen molar-refractivity contribution in [1.82, 2.24) is 0 Å². The number of allylic oxidation sites excluding steroid dienone is 1. The molecule has 73 heavy (non-hydrogen) atoms. The molecule has 0 aromatic heterocycles. The van der Waals surface area contributed by atoms with Gasteiger partial charge in [-0.15, -0.1) is 0 Å². The smallest absolute Gasteiger partial charge is 0.187 e. The highest BCUT2D eigenvalue weighted by Crippen LogP contribution is 2.70. The lowest BCUT2D eigenvalue weighted by atomic mass is 9.47. The quantitative estimate of drug-likeness (QED) is 0.0839. The second-order valence-electron chi connectivity index (χ2n) is 23.8. The Bertz CT molecular complexity index is 1900. The van der Waals surface area contributed by atoms with E-state index in [2.05, 4.69) is 26.8 Å². The van der Waals surface area contributed by atoms with Gasteiger partial charge < -0.3 is 109 Å². The summed E-state index contributed by atoms with van der Waals surface area (Å²) in [5.41, 5.74) is 1.07. The van der Waals surface area contributed by atoms with Crippen molar-refractivity contribution >= 4 is 0 Å². The molecule has 9 aliphatic rings. The summed E-state index contributed by atoms with van der Waals surface area (Å²) in [4.78, 5) is 0. The maximum absolute atomic E-state index is 12.1. The largest absolute Gasteiger partial charge is 0.394 e. The van der Waals surface area contributed by atoms with Crippen molar-refractivity contribution in [3.05, 3.63) is 11.6 Å². The molecule has 5 unspecified atom stereocenters. The number of aliphatic hydroxyl groups is 13. The van der Waals surface area contributed by atoms with Crippen LogP contribution in [-0.2, 0) is 42.6 Å². The standard InChI is InChI=1S/C51H84O22/c1-20(19-65-45-39(60)38(59)35(56)30(17-52)69-45)9-14-51(64)21(2)32-29(73-51)16-28-26-8-7-24-15-25(10-12-49(24,5)27(26)11-13-50(28,32)6)68-48-44(72-47-41(62)37(58)34(55)23(4)67-47)42(63)43(31(18-53)70-48)71-46-40(61)36(57)33(54)22(3)66-46/h7,20-23,25-48,52-64H,8-19H2,1-6H3/t20-,21-,22-,23-,25-,26?,27?,28?,29?,30+,31+,32?,33-,34-,35+,36+,37+,38-,39+,40+,41+,42-,43+,44+,45+,46-,47-,48+,49-,50-,51+/m0/s1. The average Bonchev–Trinajstić information content (AvgIpc) is 3.80. The third-order valence-electron chi connectivity index (χ3n) is 19.5. The summed E-state index contributed by atoms with van der Waals surface area (Å²) < 4.78 is 54.6. The maximum Gasteiger partial charge on any atom is 0.187 e. The molecule has 0 radical (unpaired) electrons. The molecule has 31 atom stereocenters. The van der Waals surface area contributed by atoms with Crippen LogP contribution in [0.2, 0.25) is 0 Å². The predicted octanol–water partition coefficient (Wildman–Crippen LogP) is -1.98. The number of aliphatic hydroxyl groups excluding tert-OH is 12. The van der Waals surface area contributed by atoms with Crippen LogP contribution in [0.4, 0.5) is 0 Å². The Morgan fingerprint density at radius 3 is 1.86 bits per heavy atom. The van der Waals surface area contributed by atoms with Crippen molar-refractivity contribution in [2.45, 2.75) is 240 Å². The molecule has 0 bridgehead atoms. The first-order valence-corrected chi connectivity index (χ1v) is 26.8. The normalized spacial score (nSPS) is 55.5. The highest BCUT2D eigenvalue weighted by molar-refractivity contribution is 5.26. The lowest BCUT2D eigenvalue weighted by Crippen LogP contribution is -2.66. The summed E-state index contributed by atoms with van der Waals surface area (Å²) in [5.74, 6) is -0.232. The van der Waals surface area contributed by atoms with E-state index in [1.54, 1.807) is 0 Å². The number of ether oxygens (including phenoxy) is 9. The molecular formula is C51H84O22. The van der Waals surface area contributed by atoms with Crippen LogP contribution in [0, 0.1) is 46.3 Å². The van der Waals surface area contributed by atoms with Crippen LogP contribution in [0.3, 0.4) is 0 Å². The van der Waals surface area contributed by atoms with E-state index >= 15 is 0 Å². The third kappa shape index (κ3) is 10.2. The molecule has 3 saturated carbocycles. The summed E-state index contributed by atoms with van der Waals surface area (Å²) in [7, 11) is 0. The van der Waals surface area contributed by atoms with Crippen molar-refractivity contribution < 1.29 is 109 Å². The van der Waals surface area contributed by atoms with Crippen LogP contribution in [0.15, 0.2) is 11.6 Å². The Hall–Kier alpha value is -1.14. The molecule has 9 rings (SSSR count). The number of hydrogen-bond acceptors (Lipinski definition) is 22. The van der Waals surface area contributed by atoms with Crippen LogP contribution in [-0.4, -0.2) is 227 Å². The first-order chi connectivity index (χ1) is 34.5. The van der Waals surface area contributed by atoms with Gasteiger partial charge in [-0.3, -0.25) is 0 Å². The molecule has 22 nitrogen and oxygen atoms in total.